The number of halogens is 1. The van der Waals surface area contributed by atoms with Crippen LogP contribution >= 0.6 is 15.9 Å². The van der Waals surface area contributed by atoms with Crippen molar-refractivity contribution in [2.45, 2.75) is 0 Å². The molecule has 0 rings (SSSR count). The van der Waals surface area contributed by atoms with Crippen molar-refractivity contribution in [3.8, 4) is 0 Å². The molecular formula is C2H3BrO2. The number of hydrogen-bond acceptors (Lipinski definition) is 1. The van der Waals surface area contributed by atoms with E-state index in [-0.39, 0.29) is 5.33 Å². The highest BCUT2D eigenvalue weighted by molar-refractivity contribution is 9.09. The molecule has 0 saturated heterocycles. The molecule has 0 unspecified atom stereocenters. The minimum atomic E-state index is -0.829. The molecule has 0 spiro atoms. The van der Waals surface area contributed by atoms with E-state index in [4.69, 9.17) is 5.11 Å². The molecule has 0 aromatic carbocycles. The van der Waals surface area contributed by atoms with Gasteiger partial charge in [-0.15, -0.1) is 0 Å². The first-order valence-corrected chi connectivity index (χ1v) is 2.17. The van der Waals surface area contributed by atoms with E-state index in [1.807, 2.05) is 0 Å². The summed E-state index contributed by atoms with van der Waals surface area (Å²) in [6.07, 6.45) is 0. The average Bonchev–Trinajstić information content (AvgIpc) is 1.38. The maximum Gasteiger partial charge on any atom is 0.314 e. The number of hydrogen-bond donors (Lipinski definition) is 1. The average molecular weight is 140 g/mol. The van der Waals surface area contributed by atoms with E-state index in [2.05, 4.69) is 15.9 Å². The molecule has 0 heterocycles. The molecule has 0 aromatic heterocycles. The molecule has 0 aliphatic heterocycles. The maximum absolute atomic E-state index is 9.32. The lowest BCUT2D eigenvalue weighted by molar-refractivity contribution is -0.133. The van der Waals surface area contributed by atoms with Crippen LogP contribution in [-0.2, 0) is 4.79 Å². The van der Waals surface area contributed by atoms with E-state index in [0.717, 1.165) is 0 Å². The fraction of sp³-hybridized carbons (Fsp3) is 0.500. The van der Waals surface area contributed by atoms with E-state index in [0.29, 0.717) is 0 Å². The van der Waals surface area contributed by atoms with Crippen LogP contribution in [0.15, 0.2) is 0 Å². The van der Waals surface area contributed by atoms with Gasteiger partial charge in [-0.2, -0.15) is 0 Å². The van der Waals surface area contributed by atoms with E-state index >= 15 is 0 Å². The Labute approximate surface area is 37.9 Å². The summed E-state index contributed by atoms with van der Waals surface area (Å²) in [6, 6.07) is 0. The minimum absolute atomic E-state index is 0.0347. The zero-order valence-corrected chi connectivity index (χ0v) is 4.03. The summed E-state index contributed by atoms with van der Waals surface area (Å²) in [5, 5.41) is 7.71. The van der Waals surface area contributed by atoms with E-state index in [1.54, 1.807) is 0 Å². The molecule has 1 N–H and O–H groups in total. The predicted molar refractivity (Wildman–Crippen MR) is 21.4 cm³/mol. The summed E-state index contributed by atoms with van der Waals surface area (Å²) in [5.41, 5.74) is 0. The van der Waals surface area contributed by atoms with Crippen molar-refractivity contribution in [3.63, 3.8) is 0 Å². The number of rotatable bonds is 1. The van der Waals surface area contributed by atoms with E-state index in [1.165, 1.54) is 0 Å². The normalized spacial score (nSPS) is 7.40. The Morgan fingerprint density at radius 2 is 2.20 bits per heavy atom. The van der Waals surface area contributed by atoms with Gasteiger partial charge in [-0.1, -0.05) is 15.9 Å². The van der Waals surface area contributed by atoms with Gasteiger partial charge in [0.1, 0.15) is 5.33 Å². The molecule has 30 valence electrons. The van der Waals surface area contributed by atoms with Gasteiger partial charge in [-0.3, -0.25) is 4.79 Å². The van der Waals surface area contributed by atoms with Crippen LogP contribution in [-0.4, -0.2) is 16.4 Å². The smallest absolute Gasteiger partial charge is 0.314 e. The van der Waals surface area contributed by atoms with Gasteiger partial charge in [0.05, 0.1) is 0 Å². The SMILES string of the molecule is O=[13C](O)CBr. The number of aliphatic carboxylic acids is 1. The first-order chi connectivity index (χ1) is 2.27. The van der Waals surface area contributed by atoms with Crippen LogP contribution in [0.5, 0.6) is 0 Å². The van der Waals surface area contributed by atoms with Crippen molar-refractivity contribution in [1.29, 1.82) is 0 Å². The zero-order chi connectivity index (χ0) is 4.28. The molecule has 0 bridgehead atoms. The van der Waals surface area contributed by atoms with Gasteiger partial charge in [0.15, 0.2) is 0 Å². The number of carboxylic acids is 1. The fourth-order valence-corrected chi connectivity index (χ4v) is 0. The molecule has 0 amide bonds. The second kappa shape index (κ2) is 2.20. The molecule has 0 aliphatic rings. The lowest BCUT2D eigenvalue weighted by Crippen LogP contribution is -1.92. The summed E-state index contributed by atoms with van der Waals surface area (Å²) in [5.74, 6) is -0.829. The Kier molecular flexibility index (Phi) is 2.18. The topological polar surface area (TPSA) is 37.3 Å². The van der Waals surface area contributed by atoms with Crippen molar-refractivity contribution >= 4 is 21.9 Å². The molecule has 0 aromatic rings. The van der Waals surface area contributed by atoms with Crippen LogP contribution in [0.25, 0.3) is 0 Å². The second-order valence-corrected chi connectivity index (χ2v) is 1.09. The third-order valence-electron chi connectivity index (χ3n) is 0.114. The van der Waals surface area contributed by atoms with Crippen molar-refractivity contribution in [2.24, 2.45) is 0 Å². The lowest BCUT2D eigenvalue weighted by Gasteiger charge is -1.70. The molecular weight excluding hydrogens is 137 g/mol. The molecule has 0 fully saturated rings. The molecule has 3 heteroatoms. The Morgan fingerprint density at radius 3 is 2.20 bits per heavy atom. The fourth-order valence-electron chi connectivity index (χ4n) is 0. The summed E-state index contributed by atoms with van der Waals surface area (Å²) in [6.45, 7) is 0. The van der Waals surface area contributed by atoms with Crippen LogP contribution in [0.1, 0.15) is 0 Å². The zero-order valence-electron chi connectivity index (χ0n) is 2.44. The summed E-state index contributed by atoms with van der Waals surface area (Å²) in [4.78, 5) is 9.32. The third kappa shape index (κ3) is 3.95. The van der Waals surface area contributed by atoms with Crippen LogP contribution in [0, 0.1) is 0 Å². The van der Waals surface area contributed by atoms with Crippen LogP contribution in [0.2, 0.25) is 0 Å². The van der Waals surface area contributed by atoms with Gasteiger partial charge in [-0.05, 0) is 0 Å². The molecule has 0 radical (unpaired) electrons. The van der Waals surface area contributed by atoms with Crippen molar-refractivity contribution in [2.75, 3.05) is 5.33 Å². The Morgan fingerprint density at radius 1 is 2.00 bits per heavy atom. The number of carboxylic acid groups (broad SMARTS) is 1. The van der Waals surface area contributed by atoms with Gasteiger partial charge in [-0.25, -0.2) is 0 Å². The van der Waals surface area contributed by atoms with Crippen LogP contribution < -0.4 is 0 Å². The summed E-state index contributed by atoms with van der Waals surface area (Å²) < 4.78 is 0. The van der Waals surface area contributed by atoms with Crippen LogP contribution in [0.3, 0.4) is 0 Å². The highest BCUT2D eigenvalue weighted by Gasteiger charge is 1.83. The van der Waals surface area contributed by atoms with E-state index in [9.17, 15) is 4.79 Å². The number of alkyl halides is 1. The predicted octanol–water partition coefficient (Wildman–Crippen LogP) is 0.466. The highest BCUT2D eigenvalue weighted by atomic mass is 79.9. The lowest BCUT2D eigenvalue weighted by atomic mass is 11.3. The van der Waals surface area contributed by atoms with Crippen molar-refractivity contribution in [1.82, 2.24) is 0 Å². The Bertz CT molecular complexity index is 42.9. The summed E-state index contributed by atoms with van der Waals surface area (Å²) >= 11 is 2.71. The van der Waals surface area contributed by atoms with Crippen molar-refractivity contribution < 1.29 is 9.90 Å². The van der Waals surface area contributed by atoms with Crippen LogP contribution in [0.4, 0.5) is 0 Å². The first-order valence-electron chi connectivity index (χ1n) is 1.05. The van der Waals surface area contributed by atoms with Gasteiger partial charge in [0, 0.05) is 0 Å². The quantitative estimate of drug-likeness (QED) is 0.424. The second-order valence-electron chi connectivity index (χ2n) is 0.527. The standard InChI is InChI=1S/C2H3BrO2/c3-1-2(4)5/h1H2,(H,4,5)/i2+1. The molecule has 0 aliphatic carbocycles. The van der Waals surface area contributed by atoms with Gasteiger partial charge >= 0.3 is 5.97 Å². The number of carbonyl (C=O) groups is 1. The minimum Gasteiger partial charge on any atom is -0.481 e. The summed E-state index contributed by atoms with van der Waals surface area (Å²) in [7, 11) is 0. The molecule has 0 saturated carbocycles. The van der Waals surface area contributed by atoms with Gasteiger partial charge < -0.3 is 5.11 Å². The van der Waals surface area contributed by atoms with Crippen molar-refractivity contribution in [3.05, 3.63) is 0 Å². The third-order valence-corrected chi connectivity index (χ3v) is 0.594. The highest BCUT2D eigenvalue weighted by Crippen LogP contribution is 1.73. The monoisotopic (exact) mass is 139 g/mol. The van der Waals surface area contributed by atoms with Gasteiger partial charge in [0.2, 0.25) is 0 Å². The largest absolute Gasteiger partial charge is 0.481 e. The van der Waals surface area contributed by atoms with E-state index < -0.39 is 5.97 Å². The Hall–Kier alpha value is -0.0500. The first kappa shape index (κ1) is 4.95. The maximum atomic E-state index is 9.32. The Balaban J connectivity index is 2.85. The molecule has 2 nitrogen and oxygen atoms in total. The molecule has 0 atom stereocenters. The molecule has 5 heavy (non-hydrogen) atoms. The van der Waals surface area contributed by atoms with Gasteiger partial charge in [0.25, 0.3) is 0 Å².